The zero-order chi connectivity index (χ0) is 12.3. The molecule has 0 saturated heterocycles. The van der Waals surface area contributed by atoms with Gasteiger partial charge in [0.1, 0.15) is 0 Å². The van der Waals surface area contributed by atoms with Crippen molar-refractivity contribution in [2.75, 3.05) is 5.32 Å². The van der Waals surface area contributed by atoms with Gasteiger partial charge in [0.15, 0.2) is 11.5 Å². The summed E-state index contributed by atoms with van der Waals surface area (Å²) in [6, 6.07) is 6.61. The fraction of sp³-hybridized carbons (Fsp3) is 0.0909. The summed E-state index contributed by atoms with van der Waals surface area (Å²) in [6.07, 6.45) is 1.69. The van der Waals surface area contributed by atoms with Crippen LogP contribution in [0.3, 0.4) is 0 Å². The van der Waals surface area contributed by atoms with Gasteiger partial charge in [-0.15, -0.1) is 10.2 Å². The molecule has 0 aliphatic carbocycles. The molecule has 0 aliphatic heterocycles. The van der Waals surface area contributed by atoms with Crippen molar-refractivity contribution in [3.05, 3.63) is 41.9 Å². The summed E-state index contributed by atoms with van der Waals surface area (Å²) in [4.78, 5) is 14.7. The maximum Gasteiger partial charge on any atom is 0.356 e. The molecule has 0 spiro atoms. The molecule has 0 saturated carbocycles. The molecule has 0 amide bonds. The number of hydrogen-bond acceptors (Lipinski definition) is 5. The van der Waals surface area contributed by atoms with Crippen molar-refractivity contribution < 1.29 is 9.90 Å². The Morgan fingerprint density at radius 2 is 2.12 bits per heavy atom. The van der Waals surface area contributed by atoms with Gasteiger partial charge >= 0.3 is 5.97 Å². The first-order valence-electron chi connectivity index (χ1n) is 4.92. The molecular formula is C11H10N4O2. The van der Waals surface area contributed by atoms with E-state index in [4.69, 9.17) is 5.11 Å². The van der Waals surface area contributed by atoms with Crippen molar-refractivity contribution in [1.82, 2.24) is 15.2 Å². The van der Waals surface area contributed by atoms with Crippen molar-refractivity contribution in [1.29, 1.82) is 0 Å². The number of nitrogens with zero attached hydrogens (tertiary/aromatic N) is 3. The molecule has 2 N–H and O–H groups in total. The summed E-state index contributed by atoms with van der Waals surface area (Å²) in [5.41, 5.74) is 1.56. The summed E-state index contributed by atoms with van der Waals surface area (Å²) in [6.45, 7) is 1.86. The van der Waals surface area contributed by atoms with Gasteiger partial charge in [-0.25, -0.2) is 4.79 Å². The third kappa shape index (κ3) is 2.54. The van der Waals surface area contributed by atoms with Gasteiger partial charge in [-0.1, -0.05) is 0 Å². The normalized spacial score (nSPS) is 9.94. The summed E-state index contributed by atoms with van der Waals surface area (Å²) in [5, 5.41) is 19.0. The van der Waals surface area contributed by atoms with Gasteiger partial charge in [0, 0.05) is 6.20 Å². The van der Waals surface area contributed by atoms with Crippen LogP contribution in [0.1, 0.15) is 16.2 Å². The first-order valence-corrected chi connectivity index (χ1v) is 4.92. The molecule has 6 nitrogen and oxygen atoms in total. The number of carbonyl (C=O) groups is 1. The van der Waals surface area contributed by atoms with Crippen molar-refractivity contribution in [3.63, 3.8) is 0 Å². The van der Waals surface area contributed by atoms with E-state index in [1.807, 2.05) is 13.0 Å². The monoisotopic (exact) mass is 230 g/mol. The zero-order valence-electron chi connectivity index (χ0n) is 9.08. The molecule has 2 rings (SSSR count). The highest BCUT2D eigenvalue weighted by Gasteiger charge is 2.05. The van der Waals surface area contributed by atoms with Crippen LogP contribution >= 0.6 is 0 Å². The molecule has 0 fully saturated rings. The summed E-state index contributed by atoms with van der Waals surface area (Å²) >= 11 is 0. The van der Waals surface area contributed by atoms with Crippen LogP contribution in [0.25, 0.3) is 0 Å². The number of pyridine rings is 1. The molecule has 2 heterocycles. The predicted molar refractivity (Wildman–Crippen MR) is 61.2 cm³/mol. The van der Waals surface area contributed by atoms with Crippen LogP contribution in [0, 0.1) is 6.92 Å². The minimum atomic E-state index is -1.10. The maximum absolute atomic E-state index is 10.6. The number of rotatable bonds is 3. The Kier molecular flexibility index (Phi) is 2.95. The fourth-order valence-electron chi connectivity index (χ4n) is 1.27. The molecule has 0 bridgehead atoms. The van der Waals surface area contributed by atoms with Gasteiger partial charge in [-0.05, 0) is 31.2 Å². The van der Waals surface area contributed by atoms with Crippen LogP contribution in [-0.2, 0) is 0 Å². The van der Waals surface area contributed by atoms with Crippen LogP contribution in [-0.4, -0.2) is 26.3 Å². The van der Waals surface area contributed by atoms with E-state index in [1.54, 1.807) is 18.3 Å². The van der Waals surface area contributed by atoms with Crippen LogP contribution in [0.5, 0.6) is 0 Å². The summed E-state index contributed by atoms with van der Waals surface area (Å²) in [7, 11) is 0. The number of carboxylic acids is 1. The van der Waals surface area contributed by atoms with Crippen LogP contribution in [0.4, 0.5) is 11.5 Å². The van der Waals surface area contributed by atoms with Gasteiger partial charge in [0.25, 0.3) is 0 Å². The van der Waals surface area contributed by atoms with Crippen molar-refractivity contribution in [2.45, 2.75) is 6.92 Å². The second-order valence-corrected chi connectivity index (χ2v) is 3.37. The lowest BCUT2D eigenvalue weighted by Gasteiger charge is -2.06. The van der Waals surface area contributed by atoms with Crippen molar-refractivity contribution >= 4 is 17.5 Å². The first kappa shape index (κ1) is 11.0. The average Bonchev–Trinajstić information content (AvgIpc) is 2.33. The van der Waals surface area contributed by atoms with E-state index >= 15 is 0 Å². The van der Waals surface area contributed by atoms with E-state index < -0.39 is 5.97 Å². The maximum atomic E-state index is 10.6. The van der Waals surface area contributed by atoms with E-state index in [0.29, 0.717) is 5.82 Å². The first-order chi connectivity index (χ1) is 8.16. The average molecular weight is 230 g/mol. The number of hydrogen-bond donors (Lipinski definition) is 2. The quantitative estimate of drug-likeness (QED) is 0.833. The molecule has 86 valence electrons. The molecule has 2 aromatic heterocycles. The lowest BCUT2D eigenvalue weighted by Crippen LogP contribution is -2.04. The Hall–Kier alpha value is -2.50. The largest absolute Gasteiger partial charge is 0.476 e. The van der Waals surface area contributed by atoms with Gasteiger partial charge in [0.05, 0.1) is 11.4 Å². The topological polar surface area (TPSA) is 88.0 Å². The van der Waals surface area contributed by atoms with E-state index in [0.717, 1.165) is 11.4 Å². The number of carboxylic acid groups (broad SMARTS) is 1. The standard InChI is InChI=1S/C11H10N4O2/c1-7-8(3-2-6-12-7)13-10-5-4-9(11(16)17)14-15-10/h2-6H,1H3,(H,13,15)(H,16,17). The lowest BCUT2D eigenvalue weighted by molar-refractivity contribution is 0.0689. The Balaban J connectivity index is 2.20. The number of aromatic nitrogens is 3. The molecule has 2 aromatic rings. The van der Waals surface area contributed by atoms with E-state index in [1.165, 1.54) is 6.07 Å². The molecule has 0 aromatic carbocycles. The Morgan fingerprint density at radius 1 is 1.29 bits per heavy atom. The van der Waals surface area contributed by atoms with Gasteiger partial charge in [-0.2, -0.15) is 0 Å². The lowest BCUT2D eigenvalue weighted by atomic mass is 10.3. The Bertz CT molecular complexity index is 539. The van der Waals surface area contributed by atoms with Gasteiger partial charge in [-0.3, -0.25) is 4.98 Å². The number of nitrogens with one attached hydrogen (secondary N) is 1. The zero-order valence-corrected chi connectivity index (χ0v) is 9.08. The fourth-order valence-corrected chi connectivity index (χ4v) is 1.27. The van der Waals surface area contributed by atoms with Crippen LogP contribution < -0.4 is 5.32 Å². The van der Waals surface area contributed by atoms with Crippen molar-refractivity contribution in [3.8, 4) is 0 Å². The minimum Gasteiger partial charge on any atom is -0.476 e. The molecule has 0 atom stereocenters. The number of aromatic carboxylic acids is 1. The third-order valence-corrected chi connectivity index (χ3v) is 2.15. The molecule has 0 aliphatic rings. The minimum absolute atomic E-state index is 0.0848. The highest BCUT2D eigenvalue weighted by Crippen LogP contribution is 2.15. The van der Waals surface area contributed by atoms with Crippen LogP contribution in [0.2, 0.25) is 0 Å². The Labute approximate surface area is 97.4 Å². The highest BCUT2D eigenvalue weighted by atomic mass is 16.4. The Morgan fingerprint density at radius 3 is 2.71 bits per heavy atom. The molecule has 0 unspecified atom stereocenters. The van der Waals surface area contributed by atoms with E-state index in [-0.39, 0.29) is 5.69 Å². The SMILES string of the molecule is Cc1ncccc1Nc1ccc(C(=O)O)nn1. The van der Waals surface area contributed by atoms with Gasteiger partial charge in [0.2, 0.25) is 0 Å². The van der Waals surface area contributed by atoms with Gasteiger partial charge < -0.3 is 10.4 Å². The number of aryl methyl sites for hydroxylation is 1. The molecule has 6 heteroatoms. The predicted octanol–water partition coefficient (Wildman–Crippen LogP) is 1.62. The summed E-state index contributed by atoms with van der Waals surface area (Å²) < 4.78 is 0. The second-order valence-electron chi connectivity index (χ2n) is 3.37. The highest BCUT2D eigenvalue weighted by molar-refractivity contribution is 5.85. The molecular weight excluding hydrogens is 220 g/mol. The van der Waals surface area contributed by atoms with Crippen LogP contribution in [0.15, 0.2) is 30.5 Å². The van der Waals surface area contributed by atoms with E-state index in [2.05, 4.69) is 20.5 Å². The smallest absolute Gasteiger partial charge is 0.356 e. The molecule has 17 heavy (non-hydrogen) atoms. The second kappa shape index (κ2) is 4.56. The number of anilines is 2. The summed E-state index contributed by atoms with van der Waals surface area (Å²) in [5.74, 6) is -0.618. The van der Waals surface area contributed by atoms with E-state index in [9.17, 15) is 4.79 Å². The van der Waals surface area contributed by atoms with Crippen molar-refractivity contribution in [2.24, 2.45) is 0 Å². The molecule has 0 radical (unpaired) electrons. The third-order valence-electron chi connectivity index (χ3n) is 2.15.